The Morgan fingerprint density at radius 1 is 0.344 bits per heavy atom. The first kappa shape index (κ1) is 112. The first-order valence-electron chi connectivity index (χ1n) is 41.1. The van der Waals surface area contributed by atoms with Crippen LogP contribution in [0.4, 0.5) is 4.39 Å². The quantitative estimate of drug-likeness (QED) is 0.0395. The highest BCUT2D eigenvalue weighted by atomic mass is 19.1. The second-order valence-electron chi connectivity index (χ2n) is 34.0. The first-order valence-corrected chi connectivity index (χ1v) is 41.1. The third kappa shape index (κ3) is 27.1. The van der Waals surface area contributed by atoms with E-state index < -0.39 is 255 Å². The Labute approximate surface area is 807 Å². The van der Waals surface area contributed by atoms with Gasteiger partial charge in [-0.1, -0.05) is 61.5 Å². The summed E-state index contributed by atoms with van der Waals surface area (Å²) in [5.41, 5.74) is 9.86. The molecule has 84 radical (unpaired) electrons. The molecule has 1 aromatic heterocycles. The minimum Gasteiger partial charge on any atom is -0.493 e. The molecule has 5 aromatic rings. The van der Waals surface area contributed by atoms with Crippen LogP contribution in [0.1, 0.15) is 58.1 Å². The zero-order valence-corrected chi connectivity index (χ0v) is 70.3. The smallest absolute Gasteiger partial charge is 0.161 e. The van der Waals surface area contributed by atoms with Gasteiger partial charge in [0.25, 0.3) is 0 Å². The van der Waals surface area contributed by atoms with E-state index in [0.717, 1.165) is 53.9 Å². The molecule has 7 rings (SSSR count). The highest BCUT2D eigenvalue weighted by Gasteiger charge is 2.67. The Morgan fingerprint density at radius 2 is 0.631 bits per heavy atom. The van der Waals surface area contributed by atoms with Gasteiger partial charge in [-0.2, -0.15) is 0 Å². The van der Waals surface area contributed by atoms with Crippen molar-refractivity contribution in [3.8, 4) is 11.5 Å². The summed E-state index contributed by atoms with van der Waals surface area (Å²) < 4.78 is 26.1. The molecule has 2 atom stereocenters. The number of rotatable bonds is 45. The molecule has 4 aromatic carbocycles. The average molecular weight is 1420 g/mol. The molecule has 2 aliphatic heterocycles. The summed E-state index contributed by atoms with van der Waals surface area (Å²) in [6.07, 6.45) is -65.3. The highest BCUT2D eigenvalue weighted by Crippen LogP contribution is 2.50. The van der Waals surface area contributed by atoms with Gasteiger partial charge in [0.15, 0.2) is 11.5 Å². The van der Waals surface area contributed by atoms with Gasteiger partial charge in [-0.3, -0.25) is 4.90 Å². The highest BCUT2D eigenvalue weighted by molar-refractivity contribution is 8.41. The number of para-hydroxylation sites is 1. The minimum absolute atomic E-state index is 0.0166. The van der Waals surface area contributed by atoms with Gasteiger partial charge in [-0.05, 0) is 83.0 Å². The summed E-state index contributed by atoms with van der Waals surface area (Å²) in [4.78, 5) is 6.30. The summed E-state index contributed by atoms with van der Waals surface area (Å²) in [6.45, 7) is 3.57. The maximum atomic E-state index is 13.9. The number of aromatic nitrogens is 1. The lowest BCUT2D eigenvalue weighted by atomic mass is 8.20. The van der Waals surface area contributed by atoms with Crippen LogP contribution in [-0.4, -0.2) is 604 Å². The molecule has 2 aliphatic rings. The van der Waals surface area contributed by atoms with Crippen molar-refractivity contribution in [3.05, 3.63) is 130 Å². The van der Waals surface area contributed by atoms with Crippen LogP contribution in [0.3, 0.4) is 0 Å². The number of hydrogen-bond donors (Lipinski definition) is 1. The molecule has 0 saturated heterocycles. The van der Waals surface area contributed by atoms with Crippen LogP contribution >= 0.6 is 0 Å². The normalized spacial score (nSPS) is 12.5. The van der Waals surface area contributed by atoms with Gasteiger partial charge in [0.05, 0.1) is 13.2 Å². The van der Waals surface area contributed by atoms with Crippen LogP contribution in [-0.2, 0) is 25.9 Å². The summed E-state index contributed by atoms with van der Waals surface area (Å²) in [5.74, 6) is 1.33. The topological polar surface area (TPSA) is 37.5 Å². The molecule has 0 fully saturated rings. The van der Waals surface area contributed by atoms with Crippen molar-refractivity contribution in [1.29, 1.82) is 0 Å². The number of nitrogens with zero attached hydrogens (tertiary/aromatic N) is 1. The molecule has 122 heavy (non-hydrogen) atoms. The fraction of sp³-hybridized carbons (Fsp3) is 0.257. The molecule has 3 heterocycles. The van der Waals surface area contributed by atoms with Gasteiger partial charge in [-0.15, -0.1) is 0 Å². The standard InChI is InChI=1S/C35H33FN2O2.B82/c1-3-22-8-10-23(11-9-22)21-40-33-18-25-16-17-38-31(28(25)20-32(33)39-2)19-29-27-6-4-5-7-30(27)37-34(29)35(38)24-12-14-26(36)15-13-24;1-43(2)64(44(3)4)74(63(41)42)79(73(61(37)38)62(39)40)82(80(75(65(45(5)6)46(7)8)66(47(9)10)48(11)12)76(67(49(13)14)50(15)16)68(51(17)18)52(19)20)81(77(69(53(21)22)54(23)24)70(55(25)26)56(27)28)78(71(57(29)30)58(31)32)72(59(33)34)60(35)36/h4-15,18,20,31,35,37H,3,16-17,19,21H2,1-2H3;. The molecule has 0 spiro atoms. The Balaban J connectivity index is 0.000000469. The molecular formula is C35H33B82FN2O2. The Bertz CT molecular complexity index is 3550. The van der Waals surface area contributed by atoms with Gasteiger partial charge in [0.1, 0.15) is 12.4 Å². The van der Waals surface area contributed by atoms with Crippen molar-refractivity contribution >= 4 is 591 Å². The van der Waals surface area contributed by atoms with E-state index in [1.807, 2.05) is 12.1 Å². The van der Waals surface area contributed by atoms with Gasteiger partial charge >= 0.3 is 0 Å². The van der Waals surface area contributed by atoms with E-state index in [0.29, 0.717) is 6.61 Å². The Hall–Kier alpha value is 1.23. The number of halogens is 1. The third-order valence-electron chi connectivity index (χ3n) is 26.0. The maximum absolute atomic E-state index is 13.9. The third-order valence-corrected chi connectivity index (χ3v) is 26.0. The van der Waals surface area contributed by atoms with Crippen LogP contribution in [0.5, 0.6) is 11.5 Å². The second-order valence-corrected chi connectivity index (χ2v) is 34.0. The second kappa shape index (κ2) is 50.7. The number of ether oxygens (including phenoxy) is 2. The van der Waals surface area contributed by atoms with Crippen LogP contribution in [0, 0.1) is 5.82 Å². The van der Waals surface area contributed by atoms with E-state index in [-0.39, 0.29) is 17.9 Å². The number of methoxy groups -OCH3 is 1. The number of aromatic amines is 1. The lowest BCUT2D eigenvalue weighted by Crippen LogP contribution is -3.00. The van der Waals surface area contributed by atoms with Crippen molar-refractivity contribution in [2.24, 2.45) is 0 Å². The lowest BCUT2D eigenvalue weighted by Gasteiger charge is -2.61. The Kier molecular flexibility index (Phi) is 46.5. The summed E-state index contributed by atoms with van der Waals surface area (Å²) in [7, 11) is 291. The number of H-pyrrole nitrogens is 1. The molecule has 0 saturated carbocycles. The lowest BCUT2D eigenvalue weighted by molar-refractivity contribution is 0.127. The minimum atomic E-state index is -1.97. The SMILES string of the molecule is CCc1ccc(COc2cc3c(cc2OC)C2Cc4c([nH]c5ccccc45)C(c4ccc(F)cc4)N2CC3)cc1.[B]B([B])B(B([B])[B])B(B([B])[B])B(B(B([B])[B])B([B])[B])B(B(B(B(B([B])[B])B([B])[B])B(B([B])[B])B([B])[B])B(B(B([B])[B])B([B])[B])B(B([B])[B])B([B])[B])B(B(B(B([B])[B])B([B])[B])B(B([B])[B])B([B])[B])B(B(B([B])[B])B([B])[B])B(B([B])[B])B([B])[B]. The van der Waals surface area contributed by atoms with Crippen molar-refractivity contribution in [3.63, 3.8) is 0 Å². The summed E-state index contributed by atoms with van der Waals surface area (Å²) >= 11 is 0. The van der Waals surface area contributed by atoms with Crippen molar-refractivity contribution in [1.82, 2.24) is 9.88 Å². The van der Waals surface area contributed by atoms with Gasteiger partial charge in [0.2, 0.25) is 0 Å². The summed E-state index contributed by atoms with van der Waals surface area (Å²) in [6, 6.07) is 28.7. The van der Waals surface area contributed by atoms with Gasteiger partial charge in [0, 0.05) is 610 Å². The molecule has 0 bridgehead atoms. The fourth-order valence-corrected chi connectivity index (χ4v) is 21.2. The first-order chi connectivity index (χ1) is 56.9. The predicted octanol–water partition coefficient (Wildman–Crippen LogP) is -23.5. The average Bonchev–Trinajstić information content (AvgIpc) is 1.11. The molecule has 4 nitrogen and oxygen atoms in total. The van der Waals surface area contributed by atoms with E-state index in [4.69, 9.17) is 334 Å². The van der Waals surface area contributed by atoms with E-state index in [9.17, 15) is 4.39 Å². The van der Waals surface area contributed by atoms with Crippen molar-refractivity contribution < 1.29 is 13.9 Å². The fourth-order valence-electron chi connectivity index (χ4n) is 21.2. The maximum Gasteiger partial charge on any atom is 0.161 e. The monoisotopic (exact) mass is 1440 g/mol. The van der Waals surface area contributed by atoms with E-state index in [1.54, 1.807) is 19.2 Å². The molecule has 448 valence electrons. The van der Waals surface area contributed by atoms with Crippen LogP contribution in [0.15, 0.2) is 84.9 Å². The van der Waals surface area contributed by atoms with Crippen LogP contribution < -0.4 is 9.47 Å². The van der Waals surface area contributed by atoms with E-state index >= 15 is 0 Å². The largest absolute Gasteiger partial charge is 0.493 e. The van der Waals surface area contributed by atoms with Gasteiger partial charge in [-0.25, -0.2) is 4.39 Å². The number of hydrogen-bond acceptors (Lipinski definition) is 3. The number of benzene rings is 4. The molecule has 2 unspecified atom stereocenters. The molecule has 0 amide bonds. The molecule has 1 N–H and O–H groups in total. The zero-order valence-electron chi connectivity index (χ0n) is 70.3. The zero-order chi connectivity index (χ0) is 92.3. The molecule has 87 heteroatoms. The molecule has 0 aliphatic carbocycles. The van der Waals surface area contributed by atoms with Crippen molar-refractivity contribution in [2.45, 2.75) is 44.9 Å². The van der Waals surface area contributed by atoms with Crippen LogP contribution in [0.2, 0.25) is 0 Å². The van der Waals surface area contributed by atoms with Crippen molar-refractivity contribution in [2.75, 3.05) is 13.7 Å². The summed E-state index contributed by atoms with van der Waals surface area (Å²) in [5, 5.41) is 1.26. The number of nitrogens with one attached hydrogen (secondary N) is 1. The van der Waals surface area contributed by atoms with Gasteiger partial charge < -0.3 is 14.5 Å². The molecular weight excluding hydrogens is 1390 g/mol. The number of fused-ring (bicyclic) bond motifs is 6. The predicted molar refractivity (Wildman–Crippen MR) is 628 cm³/mol. The van der Waals surface area contributed by atoms with E-state index in [1.165, 1.54) is 33.3 Å². The van der Waals surface area contributed by atoms with Crippen LogP contribution in [0.25, 0.3) is 10.9 Å². The van der Waals surface area contributed by atoms with E-state index in [2.05, 4.69) is 77.5 Å². The Morgan fingerprint density at radius 3 is 0.934 bits per heavy atom. The number of aryl methyl sites for hydroxylation is 1.